The summed E-state index contributed by atoms with van der Waals surface area (Å²) >= 11 is 0. The van der Waals surface area contributed by atoms with Gasteiger partial charge in [-0.05, 0) is 31.4 Å². The zero-order valence-corrected chi connectivity index (χ0v) is 11.3. The van der Waals surface area contributed by atoms with Gasteiger partial charge in [0.2, 0.25) is 0 Å². The molecule has 1 heterocycles. The van der Waals surface area contributed by atoms with Crippen LogP contribution in [0.15, 0.2) is 12.1 Å². The number of aryl methyl sites for hydroxylation is 1. The van der Waals surface area contributed by atoms with Crippen molar-refractivity contribution in [2.75, 3.05) is 24.5 Å². The highest BCUT2D eigenvalue weighted by Crippen LogP contribution is 2.34. The molecule has 1 aliphatic carbocycles. The second-order valence-corrected chi connectivity index (χ2v) is 5.89. The Hall–Kier alpha value is -1.16. The highest BCUT2D eigenvalue weighted by molar-refractivity contribution is 5.50. The van der Waals surface area contributed by atoms with Crippen molar-refractivity contribution in [2.45, 2.75) is 38.1 Å². The standard InChI is InChI=1S/C15H20F2N2/c1-11-8-13(17)14(9-12(11)16)19-7-6-18-15(10-19)4-2-3-5-15/h8-9,18H,2-7,10H2,1H3. The Morgan fingerprint density at radius 1 is 1.16 bits per heavy atom. The summed E-state index contributed by atoms with van der Waals surface area (Å²) < 4.78 is 27.7. The SMILES string of the molecule is Cc1cc(F)c(N2CCNC3(CCCC3)C2)cc1F. The summed E-state index contributed by atoms with van der Waals surface area (Å²) in [5.74, 6) is -0.635. The Labute approximate surface area is 112 Å². The smallest absolute Gasteiger partial charge is 0.146 e. The van der Waals surface area contributed by atoms with Crippen molar-refractivity contribution in [3.63, 3.8) is 0 Å². The lowest BCUT2D eigenvalue weighted by molar-refractivity contribution is 0.302. The van der Waals surface area contributed by atoms with Gasteiger partial charge in [0.1, 0.15) is 11.6 Å². The third-order valence-electron chi connectivity index (χ3n) is 4.50. The van der Waals surface area contributed by atoms with Crippen molar-refractivity contribution in [3.05, 3.63) is 29.3 Å². The second-order valence-electron chi connectivity index (χ2n) is 5.89. The number of anilines is 1. The first-order valence-electron chi connectivity index (χ1n) is 7.05. The van der Waals surface area contributed by atoms with Crippen LogP contribution in [-0.4, -0.2) is 25.2 Å². The van der Waals surface area contributed by atoms with Crippen LogP contribution in [0.4, 0.5) is 14.5 Å². The molecular weight excluding hydrogens is 246 g/mol. The van der Waals surface area contributed by atoms with Crippen LogP contribution < -0.4 is 10.2 Å². The van der Waals surface area contributed by atoms with E-state index in [1.165, 1.54) is 25.0 Å². The minimum Gasteiger partial charge on any atom is -0.366 e. The van der Waals surface area contributed by atoms with Crippen LogP contribution in [0, 0.1) is 18.6 Å². The van der Waals surface area contributed by atoms with Gasteiger partial charge >= 0.3 is 0 Å². The van der Waals surface area contributed by atoms with Crippen LogP contribution in [0.1, 0.15) is 31.2 Å². The van der Waals surface area contributed by atoms with Crippen molar-refractivity contribution < 1.29 is 8.78 Å². The fourth-order valence-electron chi connectivity index (χ4n) is 3.43. The first-order chi connectivity index (χ1) is 9.10. The third kappa shape index (κ3) is 2.34. The Balaban J connectivity index is 1.87. The van der Waals surface area contributed by atoms with Crippen molar-refractivity contribution in [3.8, 4) is 0 Å². The minimum absolute atomic E-state index is 0.117. The molecule has 104 valence electrons. The molecule has 3 rings (SSSR count). The number of halogens is 2. The molecule has 1 saturated carbocycles. The van der Waals surface area contributed by atoms with E-state index in [2.05, 4.69) is 5.32 Å². The average Bonchev–Trinajstić information content (AvgIpc) is 2.82. The quantitative estimate of drug-likeness (QED) is 0.840. The molecule has 1 aliphatic heterocycles. The van der Waals surface area contributed by atoms with Gasteiger partial charge in [0.15, 0.2) is 0 Å². The number of nitrogens with one attached hydrogen (secondary N) is 1. The van der Waals surface area contributed by atoms with Gasteiger partial charge < -0.3 is 10.2 Å². The van der Waals surface area contributed by atoms with E-state index < -0.39 is 0 Å². The molecule has 1 aromatic rings. The molecule has 4 heteroatoms. The summed E-state index contributed by atoms with van der Waals surface area (Å²) in [5, 5.41) is 3.58. The molecule has 0 unspecified atom stereocenters. The van der Waals surface area contributed by atoms with Crippen LogP contribution in [0.25, 0.3) is 0 Å². The number of nitrogens with zero attached hydrogens (tertiary/aromatic N) is 1. The van der Waals surface area contributed by atoms with E-state index >= 15 is 0 Å². The van der Waals surface area contributed by atoms with E-state index in [0.717, 1.165) is 32.5 Å². The molecule has 2 nitrogen and oxygen atoms in total. The van der Waals surface area contributed by atoms with Crippen LogP contribution in [0.2, 0.25) is 0 Å². The maximum atomic E-state index is 14.1. The number of piperazine rings is 1. The highest BCUT2D eigenvalue weighted by atomic mass is 19.1. The van der Waals surface area contributed by atoms with Crippen LogP contribution in [0.5, 0.6) is 0 Å². The summed E-state index contributed by atoms with van der Waals surface area (Å²) in [7, 11) is 0. The molecule has 0 aromatic heterocycles. The zero-order valence-electron chi connectivity index (χ0n) is 11.3. The third-order valence-corrected chi connectivity index (χ3v) is 4.50. The fraction of sp³-hybridized carbons (Fsp3) is 0.600. The van der Waals surface area contributed by atoms with E-state index in [0.29, 0.717) is 11.3 Å². The summed E-state index contributed by atoms with van der Waals surface area (Å²) in [6.07, 6.45) is 4.73. The van der Waals surface area contributed by atoms with E-state index in [4.69, 9.17) is 0 Å². The van der Waals surface area contributed by atoms with Gasteiger partial charge in [0.25, 0.3) is 0 Å². The van der Waals surface area contributed by atoms with Crippen molar-refractivity contribution in [2.24, 2.45) is 0 Å². The minimum atomic E-state index is -0.324. The summed E-state index contributed by atoms with van der Waals surface area (Å²) in [6, 6.07) is 2.65. The van der Waals surface area contributed by atoms with Crippen LogP contribution >= 0.6 is 0 Å². The largest absolute Gasteiger partial charge is 0.366 e. The Morgan fingerprint density at radius 2 is 1.89 bits per heavy atom. The number of hydrogen-bond acceptors (Lipinski definition) is 2. The summed E-state index contributed by atoms with van der Waals surface area (Å²) in [6.45, 7) is 3.96. The number of rotatable bonds is 1. The molecule has 1 aromatic carbocycles. The van der Waals surface area contributed by atoms with Crippen LogP contribution in [-0.2, 0) is 0 Å². The summed E-state index contributed by atoms with van der Waals surface area (Å²) in [5.41, 5.74) is 0.898. The Morgan fingerprint density at radius 3 is 2.63 bits per heavy atom. The van der Waals surface area contributed by atoms with Gasteiger partial charge in [-0.25, -0.2) is 8.78 Å². The van der Waals surface area contributed by atoms with Gasteiger partial charge in [-0.15, -0.1) is 0 Å². The monoisotopic (exact) mass is 266 g/mol. The van der Waals surface area contributed by atoms with E-state index in [9.17, 15) is 8.78 Å². The molecule has 0 amide bonds. The van der Waals surface area contributed by atoms with Gasteiger partial charge in [0.05, 0.1) is 5.69 Å². The predicted molar refractivity (Wildman–Crippen MR) is 72.5 cm³/mol. The normalized spacial score (nSPS) is 22.2. The van der Waals surface area contributed by atoms with E-state index in [1.54, 1.807) is 6.92 Å². The Kier molecular flexibility index (Phi) is 3.21. The lowest BCUT2D eigenvalue weighted by Gasteiger charge is -2.42. The summed E-state index contributed by atoms with van der Waals surface area (Å²) in [4.78, 5) is 2.00. The average molecular weight is 266 g/mol. The van der Waals surface area contributed by atoms with Crippen molar-refractivity contribution in [1.29, 1.82) is 0 Å². The molecule has 1 N–H and O–H groups in total. The molecular formula is C15H20F2N2. The van der Waals surface area contributed by atoms with E-state index in [-0.39, 0.29) is 17.2 Å². The molecule has 1 spiro atoms. The number of benzene rings is 1. The second kappa shape index (κ2) is 4.75. The van der Waals surface area contributed by atoms with Gasteiger partial charge in [0, 0.05) is 31.2 Å². The van der Waals surface area contributed by atoms with Crippen molar-refractivity contribution >= 4 is 5.69 Å². The molecule has 1 saturated heterocycles. The molecule has 0 bridgehead atoms. The maximum absolute atomic E-state index is 14.1. The zero-order chi connectivity index (χ0) is 13.5. The highest BCUT2D eigenvalue weighted by Gasteiger charge is 2.38. The maximum Gasteiger partial charge on any atom is 0.146 e. The number of hydrogen-bond donors (Lipinski definition) is 1. The Bertz CT molecular complexity index is 481. The predicted octanol–water partition coefficient (Wildman–Crippen LogP) is 3.00. The molecule has 0 atom stereocenters. The molecule has 19 heavy (non-hydrogen) atoms. The lowest BCUT2D eigenvalue weighted by atomic mass is 9.94. The van der Waals surface area contributed by atoms with Crippen molar-refractivity contribution in [1.82, 2.24) is 5.32 Å². The van der Waals surface area contributed by atoms with Gasteiger partial charge in [-0.3, -0.25) is 0 Å². The molecule has 2 aliphatic rings. The first kappa shape index (κ1) is 12.9. The van der Waals surface area contributed by atoms with E-state index in [1.807, 2.05) is 4.90 Å². The fourth-order valence-corrected chi connectivity index (χ4v) is 3.43. The van der Waals surface area contributed by atoms with Gasteiger partial charge in [-0.2, -0.15) is 0 Å². The lowest BCUT2D eigenvalue weighted by Crippen LogP contribution is -2.59. The topological polar surface area (TPSA) is 15.3 Å². The van der Waals surface area contributed by atoms with Crippen LogP contribution in [0.3, 0.4) is 0 Å². The first-order valence-corrected chi connectivity index (χ1v) is 7.05. The molecule has 2 fully saturated rings. The van der Waals surface area contributed by atoms with Gasteiger partial charge in [-0.1, -0.05) is 12.8 Å². The molecule has 0 radical (unpaired) electrons.